The minimum absolute atomic E-state index is 0.0316. The summed E-state index contributed by atoms with van der Waals surface area (Å²) < 4.78 is 1.42. The fourth-order valence-electron chi connectivity index (χ4n) is 3.78. The molecule has 1 amide bonds. The highest BCUT2D eigenvalue weighted by Crippen LogP contribution is 2.35. The van der Waals surface area contributed by atoms with Crippen molar-refractivity contribution in [2.45, 2.75) is 46.6 Å². The van der Waals surface area contributed by atoms with Crippen LogP contribution in [0.15, 0.2) is 29.3 Å². The third-order valence-corrected chi connectivity index (χ3v) is 6.41. The molecular weight excluding hydrogens is 358 g/mol. The lowest BCUT2D eigenvalue weighted by atomic mass is 9.89. The van der Waals surface area contributed by atoms with Gasteiger partial charge < -0.3 is 5.32 Å². The van der Waals surface area contributed by atoms with Crippen LogP contribution in [0.25, 0.3) is 10.2 Å². The van der Waals surface area contributed by atoms with E-state index in [1.54, 1.807) is 11.3 Å². The van der Waals surface area contributed by atoms with Crippen LogP contribution in [0.2, 0.25) is 0 Å². The van der Waals surface area contributed by atoms with Crippen molar-refractivity contribution in [1.29, 1.82) is 0 Å². The van der Waals surface area contributed by atoms with Crippen molar-refractivity contribution in [2.75, 3.05) is 5.32 Å². The number of aryl methyl sites for hydroxylation is 3. The molecule has 0 bridgehead atoms. The second kappa shape index (κ2) is 6.93. The number of hydrogen-bond acceptors (Lipinski definition) is 4. The van der Waals surface area contributed by atoms with Gasteiger partial charge in [0.25, 0.3) is 5.56 Å². The Balaban J connectivity index is 1.61. The van der Waals surface area contributed by atoms with Gasteiger partial charge in [0.15, 0.2) is 0 Å². The number of aromatic nitrogens is 2. The van der Waals surface area contributed by atoms with Crippen LogP contribution in [-0.2, 0) is 24.2 Å². The number of anilines is 1. The first-order chi connectivity index (χ1) is 12.9. The molecule has 0 spiro atoms. The number of amides is 1. The molecule has 2 aromatic heterocycles. The van der Waals surface area contributed by atoms with Crippen molar-refractivity contribution in [3.63, 3.8) is 0 Å². The van der Waals surface area contributed by atoms with Gasteiger partial charge in [-0.15, -0.1) is 11.3 Å². The predicted octanol–water partition coefficient (Wildman–Crippen LogP) is 3.84. The molecule has 0 saturated carbocycles. The lowest BCUT2D eigenvalue weighted by molar-refractivity contribution is -0.116. The first kappa shape index (κ1) is 17.9. The number of nitrogens with one attached hydrogen (secondary N) is 1. The number of rotatable bonds is 3. The van der Waals surface area contributed by atoms with Gasteiger partial charge in [0.2, 0.25) is 5.91 Å². The second-order valence-corrected chi connectivity index (χ2v) is 8.66. The van der Waals surface area contributed by atoms with Crippen molar-refractivity contribution in [2.24, 2.45) is 5.92 Å². The molecule has 1 aliphatic carbocycles. The number of fused-ring (bicyclic) bond motifs is 3. The van der Waals surface area contributed by atoms with E-state index in [9.17, 15) is 9.59 Å². The molecule has 4 rings (SSSR count). The van der Waals surface area contributed by atoms with Crippen molar-refractivity contribution in [3.05, 3.63) is 56.4 Å². The Bertz CT molecular complexity index is 1100. The lowest BCUT2D eigenvalue weighted by Crippen LogP contribution is -2.28. The summed E-state index contributed by atoms with van der Waals surface area (Å²) in [6.07, 6.45) is 4.53. The zero-order valence-electron chi connectivity index (χ0n) is 15.8. The van der Waals surface area contributed by atoms with Crippen LogP contribution >= 0.6 is 11.3 Å². The molecule has 2 heterocycles. The molecule has 0 radical (unpaired) electrons. The van der Waals surface area contributed by atoms with Gasteiger partial charge in [0, 0.05) is 10.6 Å². The fraction of sp³-hybridized carbons (Fsp3) is 0.381. The average molecular weight is 382 g/mol. The molecule has 5 nitrogen and oxygen atoms in total. The van der Waals surface area contributed by atoms with Crippen molar-refractivity contribution >= 4 is 33.1 Å². The average Bonchev–Trinajstić information content (AvgIpc) is 2.98. The third kappa shape index (κ3) is 3.41. The molecule has 3 aromatic rings. The Morgan fingerprint density at radius 2 is 2.19 bits per heavy atom. The summed E-state index contributed by atoms with van der Waals surface area (Å²) in [5, 5.41) is 3.61. The Morgan fingerprint density at radius 1 is 1.37 bits per heavy atom. The molecule has 1 aromatic carbocycles. The third-order valence-electron chi connectivity index (χ3n) is 5.25. The van der Waals surface area contributed by atoms with Crippen LogP contribution in [0.1, 0.15) is 34.9 Å². The van der Waals surface area contributed by atoms with Gasteiger partial charge in [-0.3, -0.25) is 14.2 Å². The first-order valence-electron chi connectivity index (χ1n) is 9.29. The van der Waals surface area contributed by atoms with Gasteiger partial charge in [-0.25, -0.2) is 4.98 Å². The number of benzene rings is 1. The number of carbonyl (C=O) groups excluding carboxylic acids is 1. The van der Waals surface area contributed by atoms with Crippen molar-refractivity contribution in [3.8, 4) is 0 Å². The summed E-state index contributed by atoms with van der Waals surface area (Å²) in [5.41, 5.74) is 3.96. The zero-order chi connectivity index (χ0) is 19.1. The lowest BCUT2D eigenvalue weighted by Gasteiger charge is -2.17. The highest BCUT2D eigenvalue weighted by Gasteiger charge is 2.23. The SMILES string of the molecule is Cc1ccc(NC(=O)Cn2cnc3sc4c(c3c2=O)CCC(C)C4)c(C)c1. The molecule has 0 saturated heterocycles. The topological polar surface area (TPSA) is 64.0 Å². The van der Waals surface area contributed by atoms with Gasteiger partial charge in [0.05, 0.1) is 11.7 Å². The molecular formula is C21H23N3O2S. The van der Waals surface area contributed by atoms with Gasteiger partial charge in [-0.05, 0) is 56.2 Å². The Hall–Kier alpha value is -2.47. The van der Waals surface area contributed by atoms with Crippen LogP contribution in [-0.4, -0.2) is 15.5 Å². The Labute approximate surface area is 162 Å². The van der Waals surface area contributed by atoms with Crippen LogP contribution < -0.4 is 10.9 Å². The van der Waals surface area contributed by atoms with Crippen molar-refractivity contribution < 1.29 is 4.79 Å². The summed E-state index contributed by atoms with van der Waals surface area (Å²) in [6.45, 7) is 6.19. The van der Waals surface area contributed by atoms with E-state index in [-0.39, 0.29) is 18.0 Å². The Morgan fingerprint density at radius 3 is 2.96 bits per heavy atom. The maximum Gasteiger partial charge on any atom is 0.262 e. The van der Waals surface area contributed by atoms with Crippen LogP contribution in [0.3, 0.4) is 0 Å². The maximum atomic E-state index is 13.0. The molecule has 1 atom stereocenters. The second-order valence-electron chi connectivity index (χ2n) is 7.58. The summed E-state index contributed by atoms with van der Waals surface area (Å²) in [4.78, 5) is 32.0. The van der Waals surface area contributed by atoms with Gasteiger partial charge in [-0.2, -0.15) is 0 Å². The highest BCUT2D eigenvalue weighted by molar-refractivity contribution is 7.18. The van der Waals surface area contributed by atoms with E-state index < -0.39 is 0 Å². The van der Waals surface area contributed by atoms with E-state index in [1.807, 2.05) is 32.0 Å². The molecule has 27 heavy (non-hydrogen) atoms. The molecule has 1 unspecified atom stereocenters. The first-order valence-corrected chi connectivity index (χ1v) is 10.1. The normalized spacial score (nSPS) is 16.3. The number of hydrogen-bond donors (Lipinski definition) is 1. The van der Waals surface area contributed by atoms with Crippen molar-refractivity contribution in [1.82, 2.24) is 9.55 Å². The van der Waals surface area contributed by atoms with Gasteiger partial charge >= 0.3 is 0 Å². The van der Waals surface area contributed by atoms with Crippen LogP contribution in [0, 0.1) is 19.8 Å². The molecule has 0 fully saturated rings. The van der Waals surface area contributed by atoms with E-state index in [2.05, 4.69) is 17.2 Å². The van der Waals surface area contributed by atoms with Gasteiger partial charge in [0.1, 0.15) is 11.4 Å². The molecule has 1 aliphatic rings. The van der Waals surface area contributed by atoms with Crippen LogP contribution in [0.5, 0.6) is 0 Å². The quantitative estimate of drug-likeness (QED) is 0.750. The summed E-state index contributed by atoms with van der Waals surface area (Å²) in [6, 6.07) is 5.87. The fourth-order valence-corrected chi connectivity index (χ4v) is 5.12. The van der Waals surface area contributed by atoms with E-state index >= 15 is 0 Å². The molecule has 1 N–H and O–H groups in total. The minimum Gasteiger partial charge on any atom is -0.324 e. The predicted molar refractivity (Wildman–Crippen MR) is 110 cm³/mol. The van der Waals surface area contributed by atoms with E-state index in [1.165, 1.54) is 15.8 Å². The summed E-state index contributed by atoms with van der Waals surface area (Å²) in [5.74, 6) is 0.430. The standard InChI is InChI=1S/C21H23N3O2S/c1-12-5-7-16(14(3)8-12)23-18(25)10-24-11-22-20-19(21(24)26)15-6-4-13(2)9-17(15)27-20/h5,7-8,11,13H,4,6,9-10H2,1-3H3,(H,23,25). The number of thiophene rings is 1. The maximum absolute atomic E-state index is 13.0. The minimum atomic E-state index is -0.220. The number of nitrogens with zero attached hydrogens (tertiary/aromatic N) is 2. The number of carbonyl (C=O) groups is 1. The molecule has 6 heteroatoms. The molecule has 0 aliphatic heterocycles. The van der Waals surface area contributed by atoms with Gasteiger partial charge in [-0.1, -0.05) is 24.6 Å². The smallest absolute Gasteiger partial charge is 0.262 e. The van der Waals surface area contributed by atoms with E-state index in [4.69, 9.17) is 0 Å². The largest absolute Gasteiger partial charge is 0.324 e. The molecule has 140 valence electrons. The summed E-state index contributed by atoms with van der Waals surface area (Å²) >= 11 is 1.63. The monoisotopic (exact) mass is 381 g/mol. The van der Waals surface area contributed by atoms with Crippen LogP contribution in [0.4, 0.5) is 5.69 Å². The summed E-state index contributed by atoms with van der Waals surface area (Å²) in [7, 11) is 0. The van der Waals surface area contributed by atoms with E-state index in [0.717, 1.165) is 46.5 Å². The highest BCUT2D eigenvalue weighted by atomic mass is 32.1. The van der Waals surface area contributed by atoms with E-state index in [0.29, 0.717) is 11.3 Å². The zero-order valence-corrected chi connectivity index (χ0v) is 16.7. The Kier molecular flexibility index (Phi) is 4.60.